The average molecular weight is 459 g/mol. The van der Waals surface area contributed by atoms with Gasteiger partial charge in [0.05, 0.1) is 11.3 Å². The van der Waals surface area contributed by atoms with Crippen LogP contribution in [0.15, 0.2) is 77.6 Å². The molecule has 4 aromatic rings. The molecule has 166 valence electrons. The van der Waals surface area contributed by atoms with Crippen LogP contribution in [-0.2, 0) is 0 Å². The number of anilines is 1. The van der Waals surface area contributed by atoms with Crippen LogP contribution in [0.4, 0.5) is 9.80 Å². The Labute approximate surface area is 194 Å². The maximum atomic E-state index is 13.5. The van der Waals surface area contributed by atoms with Gasteiger partial charge >= 0.3 is 6.03 Å². The van der Waals surface area contributed by atoms with Crippen molar-refractivity contribution in [2.45, 2.75) is 12.5 Å². The predicted molar refractivity (Wildman–Crippen MR) is 131 cm³/mol. The van der Waals surface area contributed by atoms with Crippen LogP contribution in [0.5, 0.6) is 0 Å². The molecule has 33 heavy (non-hydrogen) atoms. The van der Waals surface area contributed by atoms with Gasteiger partial charge in [-0.2, -0.15) is 0 Å². The number of nitrogens with one attached hydrogen (secondary N) is 3. The first-order chi connectivity index (χ1) is 16.1. The molecule has 8 heteroatoms. The number of hydrogen-bond acceptors (Lipinski definition) is 5. The average Bonchev–Trinajstić information content (AvgIpc) is 3.47. The summed E-state index contributed by atoms with van der Waals surface area (Å²) in [5.41, 5.74) is 1.38. The summed E-state index contributed by atoms with van der Waals surface area (Å²) in [4.78, 5) is 39.7. The number of carbonyl (C=O) groups excluding carboxylic acids is 2. The van der Waals surface area contributed by atoms with Crippen LogP contribution in [-0.4, -0.2) is 35.5 Å². The van der Waals surface area contributed by atoms with Gasteiger partial charge < -0.3 is 10.6 Å². The van der Waals surface area contributed by atoms with Crippen LogP contribution in [0, 0.1) is 0 Å². The van der Waals surface area contributed by atoms with Crippen molar-refractivity contribution in [2.24, 2.45) is 0 Å². The van der Waals surface area contributed by atoms with Crippen LogP contribution >= 0.6 is 11.3 Å². The summed E-state index contributed by atoms with van der Waals surface area (Å²) in [6.45, 7) is 1.57. The minimum atomic E-state index is -0.369. The Balaban J connectivity index is 1.64. The van der Waals surface area contributed by atoms with Gasteiger partial charge in [0.15, 0.2) is 5.78 Å². The van der Waals surface area contributed by atoms with E-state index in [0.717, 1.165) is 13.0 Å². The van der Waals surface area contributed by atoms with E-state index in [-0.39, 0.29) is 23.4 Å². The second-order valence-electron chi connectivity index (χ2n) is 7.85. The van der Waals surface area contributed by atoms with E-state index in [0.29, 0.717) is 38.6 Å². The Bertz CT molecular complexity index is 1370. The third-order valence-electron chi connectivity index (χ3n) is 5.64. The Morgan fingerprint density at radius 2 is 1.70 bits per heavy atom. The SMILES string of the molecule is O=C(Nc1sc2c(ccc(=O)n2-c2ccccc2)c1C(=O)c1ccccc1)N[C@H]1CCNC1. The lowest BCUT2D eigenvalue weighted by Gasteiger charge is -2.12. The highest BCUT2D eigenvalue weighted by atomic mass is 32.1. The fourth-order valence-electron chi connectivity index (χ4n) is 4.05. The molecule has 0 saturated carbocycles. The number of benzene rings is 2. The highest BCUT2D eigenvalue weighted by Crippen LogP contribution is 2.37. The first kappa shape index (κ1) is 21.1. The van der Waals surface area contributed by atoms with Crippen molar-refractivity contribution < 1.29 is 9.59 Å². The van der Waals surface area contributed by atoms with Crippen molar-refractivity contribution in [3.8, 4) is 5.69 Å². The first-order valence-corrected chi connectivity index (χ1v) is 11.6. The van der Waals surface area contributed by atoms with Gasteiger partial charge in [0.25, 0.3) is 5.56 Å². The lowest BCUT2D eigenvalue weighted by atomic mass is 10.0. The number of amides is 2. The maximum Gasteiger partial charge on any atom is 0.320 e. The molecular formula is C25H22N4O3S. The summed E-state index contributed by atoms with van der Waals surface area (Å²) < 4.78 is 1.58. The van der Waals surface area contributed by atoms with Gasteiger partial charge in [0.2, 0.25) is 0 Å². The number of aromatic nitrogens is 1. The van der Waals surface area contributed by atoms with Crippen LogP contribution in [0.2, 0.25) is 0 Å². The van der Waals surface area contributed by atoms with Crippen LogP contribution in [0.25, 0.3) is 15.9 Å². The molecule has 1 fully saturated rings. The smallest absolute Gasteiger partial charge is 0.320 e. The monoisotopic (exact) mass is 458 g/mol. The van der Waals surface area contributed by atoms with E-state index < -0.39 is 0 Å². The molecule has 7 nitrogen and oxygen atoms in total. The van der Waals surface area contributed by atoms with Crippen molar-refractivity contribution >= 4 is 38.4 Å². The van der Waals surface area contributed by atoms with Crippen LogP contribution in [0.1, 0.15) is 22.3 Å². The number of urea groups is 1. The molecule has 0 bridgehead atoms. The van der Waals surface area contributed by atoms with Crippen molar-refractivity contribution in [3.63, 3.8) is 0 Å². The Morgan fingerprint density at radius 1 is 0.970 bits per heavy atom. The number of carbonyl (C=O) groups is 2. The zero-order valence-electron chi connectivity index (χ0n) is 17.7. The number of rotatable bonds is 5. The number of para-hydroxylation sites is 1. The summed E-state index contributed by atoms with van der Waals surface area (Å²) in [7, 11) is 0. The van der Waals surface area contributed by atoms with Crippen molar-refractivity contribution in [3.05, 3.63) is 94.3 Å². The maximum absolute atomic E-state index is 13.5. The zero-order chi connectivity index (χ0) is 22.8. The highest BCUT2D eigenvalue weighted by Gasteiger charge is 2.25. The number of ketones is 1. The summed E-state index contributed by atoms with van der Waals surface area (Å²) in [6, 6.07) is 21.0. The normalized spacial score (nSPS) is 15.5. The minimum Gasteiger partial charge on any atom is -0.334 e. The van der Waals surface area contributed by atoms with E-state index in [1.54, 1.807) is 34.9 Å². The molecule has 1 atom stereocenters. The molecule has 2 aromatic heterocycles. The van der Waals surface area contributed by atoms with Gasteiger partial charge in [-0.15, -0.1) is 0 Å². The summed E-state index contributed by atoms with van der Waals surface area (Å²) in [5.74, 6) is -0.210. The lowest BCUT2D eigenvalue weighted by Crippen LogP contribution is -2.39. The fraction of sp³-hybridized carbons (Fsp3) is 0.160. The van der Waals surface area contributed by atoms with Crippen molar-refractivity contribution in [1.82, 2.24) is 15.2 Å². The Morgan fingerprint density at radius 3 is 2.39 bits per heavy atom. The van der Waals surface area contributed by atoms with E-state index in [2.05, 4.69) is 16.0 Å². The van der Waals surface area contributed by atoms with Crippen LogP contribution < -0.4 is 21.5 Å². The zero-order valence-corrected chi connectivity index (χ0v) is 18.5. The third-order valence-corrected chi connectivity index (χ3v) is 6.75. The van der Waals surface area contributed by atoms with Gasteiger partial charge in [0, 0.05) is 29.6 Å². The van der Waals surface area contributed by atoms with Crippen molar-refractivity contribution in [1.29, 1.82) is 0 Å². The quantitative estimate of drug-likeness (QED) is 0.397. The summed E-state index contributed by atoms with van der Waals surface area (Å²) in [5, 5.41) is 10.1. The molecule has 5 rings (SSSR count). The Hall–Kier alpha value is -3.75. The first-order valence-electron chi connectivity index (χ1n) is 10.7. The number of fused-ring (bicyclic) bond motifs is 1. The third kappa shape index (κ3) is 4.18. The lowest BCUT2D eigenvalue weighted by molar-refractivity contribution is 0.104. The largest absolute Gasteiger partial charge is 0.334 e. The molecule has 0 radical (unpaired) electrons. The minimum absolute atomic E-state index is 0.0372. The van der Waals surface area contributed by atoms with E-state index in [4.69, 9.17) is 0 Å². The number of hydrogen-bond donors (Lipinski definition) is 3. The molecule has 1 aliphatic heterocycles. The van der Waals surface area contributed by atoms with Gasteiger partial charge in [0.1, 0.15) is 9.83 Å². The summed E-state index contributed by atoms with van der Waals surface area (Å²) in [6.07, 6.45) is 0.850. The molecule has 3 N–H and O–H groups in total. The molecule has 1 aliphatic rings. The van der Waals surface area contributed by atoms with E-state index in [1.165, 1.54) is 17.4 Å². The standard InChI is InChI=1S/C25H22N4O3S/c30-20-12-11-19-21(22(31)16-7-3-1-4-8-16)23(28-25(32)27-17-13-14-26-15-17)33-24(19)29(20)18-9-5-2-6-10-18/h1-12,17,26H,13-15H2,(H2,27,28,32)/t17-/m0/s1. The molecule has 0 aliphatic carbocycles. The fourth-order valence-corrected chi connectivity index (χ4v) is 5.26. The topological polar surface area (TPSA) is 92.2 Å². The summed E-state index contributed by atoms with van der Waals surface area (Å²) >= 11 is 1.22. The van der Waals surface area contributed by atoms with E-state index in [1.807, 2.05) is 36.4 Å². The van der Waals surface area contributed by atoms with Gasteiger partial charge in [-0.25, -0.2) is 4.79 Å². The number of pyridine rings is 1. The molecule has 2 aromatic carbocycles. The molecule has 3 heterocycles. The van der Waals surface area contributed by atoms with Gasteiger partial charge in [-0.3, -0.25) is 19.5 Å². The van der Waals surface area contributed by atoms with Gasteiger partial charge in [-0.05, 0) is 31.2 Å². The second-order valence-corrected chi connectivity index (χ2v) is 8.85. The molecular weight excluding hydrogens is 436 g/mol. The van der Waals surface area contributed by atoms with E-state index >= 15 is 0 Å². The van der Waals surface area contributed by atoms with E-state index in [9.17, 15) is 14.4 Å². The number of thiophene rings is 1. The molecule has 2 amide bonds. The van der Waals surface area contributed by atoms with Crippen LogP contribution in [0.3, 0.4) is 0 Å². The predicted octanol–water partition coefficient (Wildman–Crippen LogP) is 3.77. The number of nitrogens with zero attached hydrogens (tertiary/aromatic N) is 1. The van der Waals surface area contributed by atoms with Crippen molar-refractivity contribution in [2.75, 3.05) is 18.4 Å². The molecule has 1 saturated heterocycles. The van der Waals surface area contributed by atoms with Gasteiger partial charge in [-0.1, -0.05) is 59.9 Å². The second kappa shape index (κ2) is 9.01. The Kier molecular flexibility index (Phi) is 5.77. The molecule has 0 spiro atoms. The highest BCUT2D eigenvalue weighted by molar-refractivity contribution is 7.23. The molecule has 0 unspecified atom stereocenters.